The highest BCUT2D eigenvalue weighted by atomic mass is 35.5. The smallest absolute Gasteiger partial charge is 0.163 e. The van der Waals surface area contributed by atoms with Gasteiger partial charge in [0.2, 0.25) is 0 Å². The molecule has 1 aromatic heterocycles. The molecule has 4 nitrogen and oxygen atoms in total. The lowest BCUT2D eigenvalue weighted by Crippen LogP contribution is -2.10. The fraction of sp³-hybridized carbons (Fsp3) is 0.286. The number of carbonyl (C=O) groups excluding carboxylic acids is 1. The fourth-order valence-corrected chi connectivity index (χ4v) is 1.89. The first-order valence-corrected chi connectivity index (χ1v) is 6.38. The maximum Gasteiger partial charge on any atom is 0.163 e. The summed E-state index contributed by atoms with van der Waals surface area (Å²) >= 11 is 5.92. The van der Waals surface area contributed by atoms with E-state index in [0.29, 0.717) is 29.5 Å². The fourth-order valence-electron chi connectivity index (χ4n) is 1.74. The van der Waals surface area contributed by atoms with Gasteiger partial charge in [0.15, 0.2) is 5.78 Å². The van der Waals surface area contributed by atoms with Gasteiger partial charge in [0.05, 0.1) is 22.8 Å². The van der Waals surface area contributed by atoms with Gasteiger partial charge in [-0.2, -0.15) is 5.10 Å². The number of hydrogen-bond acceptors (Lipinski definition) is 3. The predicted molar refractivity (Wildman–Crippen MR) is 73.9 cm³/mol. The summed E-state index contributed by atoms with van der Waals surface area (Å²) < 4.78 is 7.36. The van der Waals surface area contributed by atoms with Crippen molar-refractivity contribution in [1.82, 2.24) is 9.78 Å². The number of aryl methyl sites for hydroxylation is 1. The Labute approximate surface area is 116 Å². The van der Waals surface area contributed by atoms with Crippen molar-refractivity contribution in [2.45, 2.75) is 20.4 Å². The van der Waals surface area contributed by atoms with Crippen LogP contribution in [0.2, 0.25) is 5.02 Å². The lowest BCUT2D eigenvalue weighted by Gasteiger charge is -2.09. The molecule has 1 heterocycles. The number of halogens is 1. The molecular formula is C14H15ClN2O2. The molecule has 100 valence electrons. The van der Waals surface area contributed by atoms with E-state index in [4.69, 9.17) is 16.3 Å². The van der Waals surface area contributed by atoms with Gasteiger partial charge in [-0.25, -0.2) is 0 Å². The van der Waals surface area contributed by atoms with E-state index < -0.39 is 0 Å². The normalized spacial score (nSPS) is 10.5. The number of rotatable bonds is 5. The highest BCUT2D eigenvalue weighted by Gasteiger charge is 2.07. The van der Waals surface area contributed by atoms with Crippen LogP contribution in [0.3, 0.4) is 0 Å². The molecule has 0 N–H and O–H groups in total. The van der Waals surface area contributed by atoms with Crippen LogP contribution in [0.4, 0.5) is 0 Å². The van der Waals surface area contributed by atoms with E-state index in [1.165, 1.54) is 6.92 Å². The van der Waals surface area contributed by atoms with Gasteiger partial charge < -0.3 is 4.74 Å². The average Bonchev–Trinajstić information content (AvgIpc) is 2.69. The minimum atomic E-state index is -0.00595. The van der Waals surface area contributed by atoms with Crippen molar-refractivity contribution < 1.29 is 9.53 Å². The van der Waals surface area contributed by atoms with E-state index >= 15 is 0 Å². The molecule has 0 atom stereocenters. The number of benzene rings is 1. The molecule has 2 aromatic rings. The largest absolute Gasteiger partial charge is 0.491 e. The molecule has 0 unspecified atom stereocenters. The average molecular weight is 279 g/mol. The van der Waals surface area contributed by atoms with E-state index in [2.05, 4.69) is 5.10 Å². The molecule has 2 rings (SSSR count). The van der Waals surface area contributed by atoms with Crippen LogP contribution in [0.1, 0.15) is 23.0 Å². The zero-order chi connectivity index (χ0) is 13.8. The van der Waals surface area contributed by atoms with Gasteiger partial charge >= 0.3 is 0 Å². The van der Waals surface area contributed by atoms with Gasteiger partial charge in [0.1, 0.15) is 12.4 Å². The molecule has 0 aliphatic heterocycles. The Morgan fingerprint density at radius 2 is 2.16 bits per heavy atom. The monoisotopic (exact) mass is 278 g/mol. The maximum absolute atomic E-state index is 11.4. The van der Waals surface area contributed by atoms with Crippen molar-refractivity contribution in [2.24, 2.45) is 0 Å². The zero-order valence-electron chi connectivity index (χ0n) is 10.9. The summed E-state index contributed by atoms with van der Waals surface area (Å²) in [7, 11) is 0. The van der Waals surface area contributed by atoms with E-state index in [9.17, 15) is 4.79 Å². The summed E-state index contributed by atoms with van der Waals surface area (Å²) in [5, 5.41) is 4.88. The molecule has 0 spiro atoms. The van der Waals surface area contributed by atoms with Crippen LogP contribution < -0.4 is 4.74 Å². The third kappa shape index (κ3) is 3.35. The predicted octanol–water partition coefficient (Wildman–Crippen LogP) is 3.13. The Morgan fingerprint density at radius 3 is 2.79 bits per heavy atom. The Bertz CT molecular complexity index is 573. The van der Waals surface area contributed by atoms with Crippen molar-refractivity contribution >= 4 is 17.4 Å². The van der Waals surface area contributed by atoms with Crippen LogP contribution in [0.25, 0.3) is 0 Å². The molecule has 0 fully saturated rings. The van der Waals surface area contributed by atoms with E-state index in [1.807, 2.05) is 19.1 Å². The Morgan fingerprint density at radius 1 is 1.42 bits per heavy atom. The van der Waals surface area contributed by atoms with Crippen LogP contribution in [0.5, 0.6) is 5.75 Å². The highest BCUT2D eigenvalue weighted by molar-refractivity contribution is 6.31. The first-order valence-electron chi connectivity index (χ1n) is 6.00. The van der Waals surface area contributed by atoms with Crippen molar-refractivity contribution in [2.75, 3.05) is 6.61 Å². The molecule has 0 aliphatic rings. The van der Waals surface area contributed by atoms with Crippen LogP contribution in [0, 0.1) is 6.92 Å². The van der Waals surface area contributed by atoms with Crippen LogP contribution >= 0.6 is 11.6 Å². The topological polar surface area (TPSA) is 44.1 Å². The van der Waals surface area contributed by atoms with Crippen molar-refractivity contribution in [3.8, 4) is 5.75 Å². The number of para-hydroxylation sites is 1. The quantitative estimate of drug-likeness (QED) is 0.789. The molecule has 5 heteroatoms. The summed E-state index contributed by atoms with van der Waals surface area (Å²) in [5.41, 5.74) is 1.39. The summed E-state index contributed by atoms with van der Waals surface area (Å²) in [6.45, 7) is 4.39. The third-order valence-electron chi connectivity index (χ3n) is 2.73. The first kappa shape index (κ1) is 13.6. The second-order valence-electron chi connectivity index (χ2n) is 4.23. The second-order valence-corrected chi connectivity index (χ2v) is 4.63. The number of aromatic nitrogens is 2. The lowest BCUT2D eigenvalue weighted by molar-refractivity contribution is 0.101. The van der Waals surface area contributed by atoms with Crippen LogP contribution in [0.15, 0.2) is 30.5 Å². The maximum atomic E-state index is 11.4. The van der Waals surface area contributed by atoms with Gasteiger partial charge in [-0.3, -0.25) is 9.48 Å². The van der Waals surface area contributed by atoms with Crippen LogP contribution in [-0.2, 0) is 6.54 Å². The first-order chi connectivity index (χ1) is 9.08. The minimum Gasteiger partial charge on any atom is -0.491 e. The van der Waals surface area contributed by atoms with E-state index in [1.54, 1.807) is 23.0 Å². The molecule has 0 amide bonds. The van der Waals surface area contributed by atoms with Crippen molar-refractivity contribution in [3.63, 3.8) is 0 Å². The Balaban J connectivity index is 1.98. The summed E-state index contributed by atoms with van der Waals surface area (Å²) in [6.07, 6.45) is 1.76. The van der Waals surface area contributed by atoms with Gasteiger partial charge in [-0.05, 0) is 26.0 Å². The number of ether oxygens (including phenoxy) is 1. The van der Waals surface area contributed by atoms with Crippen molar-refractivity contribution in [3.05, 3.63) is 46.7 Å². The van der Waals surface area contributed by atoms with Crippen LogP contribution in [-0.4, -0.2) is 22.2 Å². The molecule has 0 bridgehead atoms. The third-order valence-corrected chi connectivity index (χ3v) is 3.10. The van der Waals surface area contributed by atoms with Gasteiger partial charge in [0, 0.05) is 6.20 Å². The summed E-state index contributed by atoms with van der Waals surface area (Å²) in [4.78, 5) is 11.4. The SMILES string of the molecule is CC(=O)c1ccccc1OCCn1cc(Cl)c(C)n1. The number of carbonyl (C=O) groups is 1. The Hall–Kier alpha value is -1.81. The van der Waals surface area contributed by atoms with Gasteiger partial charge in [-0.15, -0.1) is 0 Å². The lowest BCUT2D eigenvalue weighted by atomic mass is 10.1. The van der Waals surface area contributed by atoms with Gasteiger partial charge in [-0.1, -0.05) is 23.7 Å². The molecule has 19 heavy (non-hydrogen) atoms. The summed E-state index contributed by atoms with van der Waals surface area (Å²) in [5.74, 6) is 0.596. The zero-order valence-corrected chi connectivity index (χ0v) is 11.6. The van der Waals surface area contributed by atoms with E-state index in [-0.39, 0.29) is 5.78 Å². The molecule has 1 aromatic carbocycles. The number of ketones is 1. The number of Topliss-reactive ketones (excluding diaryl/α,β-unsaturated/α-hetero) is 1. The highest BCUT2D eigenvalue weighted by Crippen LogP contribution is 2.18. The second kappa shape index (κ2) is 5.89. The molecular weight excluding hydrogens is 264 g/mol. The number of hydrogen-bond donors (Lipinski definition) is 0. The molecule has 0 aliphatic carbocycles. The molecule has 0 saturated carbocycles. The van der Waals surface area contributed by atoms with Gasteiger partial charge in [0.25, 0.3) is 0 Å². The standard InChI is InChI=1S/C14H15ClN2O2/c1-10-13(15)9-17(16-10)7-8-19-14-6-4-3-5-12(14)11(2)18/h3-6,9H,7-8H2,1-2H3. The molecule has 0 saturated heterocycles. The van der Waals surface area contributed by atoms with E-state index in [0.717, 1.165) is 5.69 Å². The minimum absolute atomic E-state index is 0.00595. The van der Waals surface area contributed by atoms with Crippen molar-refractivity contribution in [1.29, 1.82) is 0 Å². The molecule has 0 radical (unpaired) electrons. The Kier molecular flexibility index (Phi) is 4.22. The number of nitrogens with zero attached hydrogens (tertiary/aromatic N) is 2. The summed E-state index contributed by atoms with van der Waals surface area (Å²) in [6, 6.07) is 7.21.